The molecular formula is C40H55N9O11S2. The number of hydrogen-bond donors (Lipinski definition) is 13. The summed E-state index contributed by atoms with van der Waals surface area (Å²) in [5, 5.41) is 56.2. The van der Waals surface area contributed by atoms with Crippen molar-refractivity contribution >= 4 is 73.9 Å². The third kappa shape index (κ3) is 14.3. The number of aliphatic hydroxyl groups is 2. The van der Waals surface area contributed by atoms with Gasteiger partial charge in [-0.25, -0.2) is 4.79 Å². The zero-order valence-electron chi connectivity index (χ0n) is 34.2. The van der Waals surface area contributed by atoms with E-state index in [0.717, 1.165) is 39.4 Å². The number of carbonyl (C=O) groups excluding carboxylic acids is 6. The van der Waals surface area contributed by atoms with Crippen LogP contribution in [0.5, 0.6) is 5.75 Å². The average molecular weight is 902 g/mol. The van der Waals surface area contributed by atoms with Gasteiger partial charge in [-0.1, -0.05) is 51.9 Å². The van der Waals surface area contributed by atoms with Gasteiger partial charge in [0.25, 0.3) is 0 Å². The molecular weight excluding hydrogens is 847 g/mol. The minimum absolute atomic E-state index is 0.0168. The van der Waals surface area contributed by atoms with Gasteiger partial charge in [-0.15, -0.1) is 0 Å². The van der Waals surface area contributed by atoms with Crippen LogP contribution in [0.2, 0.25) is 0 Å². The van der Waals surface area contributed by atoms with Crippen LogP contribution in [-0.4, -0.2) is 139 Å². The van der Waals surface area contributed by atoms with Gasteiger partial charge in [0.05, 0.1) is 18.2 Å². The van der Waals surface area contributed by atoms with Crippen LogP contribution < -0.4 is 43.4 Å². The van der Waals surface area contributed by atoms with Gasteiger partial charge >= 0.3 is 5.97 Å². The topological polar surface area (TPSA) is 340 Å². The van der Waals surface area contributed by atoms with Crippen LogP contribution in [-0.2, 0) is 46.4 Å². The highest BCUT2D eigenvalue weighted by Crippen LogP contribution is 2.24. The first-order chi connectivity index (χ1) is 29.5. The number of nitrogens with two attached hydrogens (primary N) is 2. The second-order valence-corrected chi connectivity index (χ2v) is 17.5. The van der Waals surface area contributed by atoms with E-state index in [1.807, 2.05) is 18.2 Å². The molecule has 0 saturated carbocycles. The number of aliphatic hydroxyl groups excluding tert-OH is 2. The Hall–Kier alpha value is -5.39. The highest BCUT2D eigenvalue weighted by molar-refractivity contribution is 8.76. The normalized spacial score (nSPS) is 24.0. The van der Waals surface area contributed by atoms with Gasteiger partial charge in [0.15, 0.2) is 6.04 Å². The van der Waals surface area contributed by atoms with E-state index in [1.165, 1.54) is 19.1 Å². The summed E-state index contributed by atoms with van der Waals surface area (Å²) in [6.45, 7) is 2.62. The van der Waals surface area contributed by atoms with Gasteiger partial charge in [0.1, 0.15) is 36.0 Å². The Bertz CT molecular complexity index is 2040. The van der Waals surface area contributed by atoms with Crippen molar-refractivity contribution in [3.05, 3.63) is 65.9 Å². The molecule has 1 aromatic heterocycles. The number of amides is 6. The zero-order chi connectivity index (χ0) is 45.5. The van der Waals surface area contributed by atoms with E-state index in [-0.39, 0.29) is 43.1 Å². The number of rotatable bonds is 13. The molecule has 6 amide bonds. The molecule has 338 valence electrons. The molecule has 0 radical (unpaired) electrons. The summed E-state index contributed by atoms with van der Waals surface area (Å²) in [7, 11) is 2.00. The quantitative estimate of drug-likeness (QED) is 0.0670. The second kappa shape index (κ2) is 23.7. The summed E-state index contributed by atoms with van der Waals surface area (Å²) in [5.41, 5.74) is 13.9. The Morgan fingerprint density at radius 3 is 2.05 bits per heavy atom. The molecule has 2 heterocycles. The number of aromatic hydroxyl groups is 1. The first-order valence-corrected chi connectivity index (χ1v) is 22.4. The smallest absolute Gasteiger partial charge is 0.328 e. The number of aliphatic carboxylic acids is 1. The molecule has 1 aliphatic heterocycles. The number of hydrogen-bond acceptors (Lipinski definition) is 14. The van der Waals surface area contributed by atoms with Crippen LogP contribution in [0.25, 0.3) is 10.9 Å². The maximum absolute atomic E-state index is 14.4. The van der Waals surface area contributed by atoms with Gasteiger partial charge in [-0.3, -0.25) is 28.8 Å². The van der Waals surface area contributed by atoms with Crippen LogP contribution in [0.4, 0.5) is 0 Å². The Morgan fingerprint density at radius 1 is 0.790 bits per heavy atom. The predicted molar refractivity (Wildman–Crippen MR) is 232 cm³/mol. The molecule has 1 fully saturated rings. The van der Waals surface area contributed by atoms with Crippen molar-refractivity contribution < 1.29 is 54.0 Å². The molecule has 0 unspecified atom stereocenters. The number of H-pyrrole nitrogens is 1. The minimum atomic E-state index is -1.76. The molecule has 0 spiro atoms. The largest absolute Gasteiger partial charge is 0.508 e. The third-order valence-electron chi connectivity index (χ3n) is 9.97. The van der Waals surface area contributed by atoms with Crippen LogP contribution in [0, 0.1) is 0 Å². The van der Waals surface area contributed by atoms with Crippen molar-refractivity contribution in [2.45, 2.75) is 100 Å². The number of phenolic OH excluding ortho intramolecular Hbond substituents is 1. The lowest BCUT2D eigenvalue weighted by Crippen LogP contribution is -2.62. The molecule has 1 aliphatic rings. The number of carboxylic acids is 1. The van der Waals surface area contributed by atoms with Crippen LogP contribution in [0.1, 0.15) is 44.2 Å². The van der Waals surface area contributed by atoms with Gasteiger partial charge in [0, 0.05) is 41.4 Å². The van der Waals surface area contributed by atoms with E-state index in [0.29, 0.717) is 24.0 Å². The molecule has 22 heteroatoms. The lowest BCUT2D eigenvalue weighted by atomic mass is 10.0. The van der Waals surface area contributed by atoms with Crippen molar-refractivity contribution in [1.29, 1.82) is 0 Å². The molecule has 9 atom stereocenters. The number of aromatic amines is 1. The van der Waals surface area contributed by atoms with Crippen LogP contribution in [0.3, 0.4) is 0 Å². The third-order valence-corrected chi connectivity index (χ3v) is 12.4. The standard InChI is InChI=1S/C40H55N9O11S2/c1-20(50)32-39(58)47-31(38(57)49-33(21(2)51)40(59)60)19-62-61-18-26(42)34(53)45-29(15-22-10-12-24(52)13-11-22)36(55)46-30(16-23-17-43-27-8-4-3-7-25(23)27)37(56)44-28(35(54)48-32)9-5-6-14-41/h3-4,7-8,10-13,17,20-21,26,28-33,43,50-52H,5-6,9,14-16,18-19,41-42H2,1-2H3,(H,44,56)(H,45,53)(H,46,55)(H,47,58)(H,48,54)(H,49,57)(H,59,60)/t20-,21-,26+,28+,29+,30-,31+,32+,33+/m1/s1. The van der Waals surface area contributed by atoms with Crippen molar-refractivity contribution in [2.24, 2.45) is 11.5 Å². The van der Waals surface area contributed by atoms with Crippen LogP contribution in [0.15, 0.2) is 54.7 Å². The zero-order valence-corrected chi connectivity index (χ0v) is 35.8. The van der Waals surface area contributed by atoms with E-state index in [2.05, 4.69) is 36.9 Å². The van der Waals surface area contributed by atoms with Gasteiger partial charge in [0.2, 0.25) is 35.4 Å². The van der Waals surface area contributed by atoms with Gasteiger partial charge in [-0.05, 0) is 69.0 Å². The number of unbranched alkanes of at least 4 members (excludes halogenated alkanes) is 1. The Balaban J connectivity index is 1.75. The molecule has 62 heavy (non-hydrogen) atoms. The highest BCUT2D eigenvalue weighted by Gasteiger charge is 2.36. The Labute approximate surface area is 365 Å². The van der Waals surface area contributed by atoms with E-state index < -0.39 is 95.9 Å². The minimum Gasteiger partial charge on any atom is -0.508 e. The average Bonchev–Trinajstić information content (AvgIpc) is 3.64. The maximum Gasteiger partial charge on any atom is 0.328 e. The number of para-hydroxylation sites is 1. The number of carboxylic acid groups (broad SMARTS) is 1. The first kappa shape index (κ1) is 49.3. The van der Waals surface area contributed by atoms with Crippen molar-refractivity contribution in [3.63, 3.8) is 0 Å². The van der Waals surface area contributed by atoms with E-state index >= 15 is 0 Å². The molecule has 0 aliphatic carbocycles. The summed E-state index contributed by atoms with van der Waals surface area (Å²) < 4.78 is 0. The summed E-state index contributed by atoms with van der Waals surface area (Å²) in [5.74, 6) is -7.17. The van der Waals surface area contributed by atoms with Gasteiger partial charge in [-0.2, -0.15) is 0 Å². The molecule has 3 aromatic rings. The lowest BCUT2D eigenvalue weighted by Gasteiger charge is -2.29. The molecule has 15 N–H and O–H groups in total. The van der Waals surface area contributed by atoms with E-state index in [9.17, 15) is 54.0 Å². The van der Waals surface area contributed by atoms with Gasteiger partial charge < -0.3 is 68.8 Å². The monoisotopic (exact) mass is 901 g/mol. The summed E-state index contributed by atoms with van der Waals surface area (Å²) in [6.07, 6.45) is -0.756. The first-order valence-electron chi connectivity index (χ1n) is 19.9. The SMILES string of the molecule is C[C@@H](O)[C@H](NC(=O)[C@@H]1CSSC[C@H](N)C(=O)N[C@@H](Cc2ccc(O)cc2)C(=O)N[C@H](Cc2c[nH]c3ccccc23)C(=O)N[C@@H](CCCCN)C(=O)N[C@@H]([C@@H](C)O)C(=O)N1)C(=O)O. The summed E-state index contributed by atoms with van der Waals surface area (Å²) in [6, 6.07) is 3.07. The number of nitrogens with one attached hydrogen (secondary N) is 7. The molecule has 20 nitrogen and oxygen atoms in total. The fourth-order valence-corrected chi connectivity index (χ4v) is 8.74. The van der Waals surface area contributed by atoms with Crippen LogP contribution >= 0.6 is 21.6 Å². The lowest BCUT2D eigenvalue weighted by molar-refractivity contribution is -0.145. The highest BCUT2D eigenvalue weighted by atomic mass is 33.1. The Kier molecular flexibility index (Phi) is 18.9. The number of phenols is 1. The van der Waals surface area contributed by atoms with Crippen molar-refractivity contribution in [3.8, 4) is 5.75 Å². The fraction of sp³-hybridized carbons (Fsp3) is 0.475. The van der Waals surface area contributed by atoms with E-state index in [1.54, 1.807) is 24.4 Å². The fourth-order valence-electron chi connectivity index (χ4n) is 6.45. The predicted octanol–water partition coefficient (Wildman–Crippen LogP) is -1.73. The number of aromatic nitrogens is 1. The maximum atomic E-state index is 14.4. The number of carbonyl (C=O) groups is 7. The summed E-state index contributed by atoms with van der Waals surface area (Å²) in [4.78, 5) is 98.3. The van der Waals surface area contributed by atoms with Crippen molar-refractivity contribution in [2.75, 3.05) is 18.1 Å². The number of fused-ring (bicyclic) bond motifs is 1. The summed E-state index contributed by atoms with van der Waals surface area (Å²) >= 11 is 0. The molecule has 0 bridgehead atoms. The van der Waals surface area contributed by atoms with E-state index in [4.69, 9.17) is 11.5 Å². The second-order valence-electron chi connectivity index (χ2n) is 14.9. The van der Waals surface area contributed by atoms with Crippen molar-refractivity contribution in [1.82, 2.24) is 36.9 Å². The molecule has 4 rings (SSSR count). The number of benzene rings is 2. The molecule has 1 saturated heterocycles. The molecule has 2 aromatic carbocycles. The Morgan fingerprint density at radius 2 is 1.40 bits per heavy atom.